The van der Waals surface area contributed by atoms with Crippen molar-refractivity contribution in [2.75, 3.05) is 26.4 Å². The zero-order valence-electron chi connectivity index (χ0n) is 10.6. The molecule has 0 aromatic carbocycles. The fourth-order valence-corrected chi connectivity index (χ4v) is 1.81. The second-order valence-corrected chi connectivity index (χ2v) is 4.81. The summed E-state index contributed by atoms with van der Waals surface area (Å²) in [5.74, 6) is 0.340. The van der Waals surface area contributed by atoms with Crippen LogP contribution in [0.1, 0.15) is 20.3 Å². The zero-order valence-corrected chi connectivity index (χ0v) is 10.6. The van der Waals surface area contributed by atoms with Crippen molar-refractivity contribution in [1.82, 2.24) is 10.2 Å². The molecule has 1 rings (SSSR count). The van der Waals surface area contributed by atoms with Gasteiger partial charge in [-0.2, -0.15) is 13.2 Å². The van der Waals surface area contributed by atoms with Crippen molar-refractivity contribution in [2.24, 2.45) is 5.92 Å². The van der Waals surface area contributed by atoms with Gasteiger partial charge in [-0.3, -0.25) is 10.1 Å². The first-order valence-corrected chi connectivity index (χ1v) is 5.96. The van der Waals surface area contributed by atoms with Gasteiger partial charge in [-0.05, 0) is 12.3 Å². The van der Waals surface area contributed by atoms with Crippen molar-refractivity contribution < 1.29 is 22.7 Å². The molecule has 1 heterocycles. The van der Waals surface area contributed by atoms with Crippen LogP contribution in [0.15, 0.2) is 0 Å². The van der Waals surface area contributed by atoms with E-state index >= 15 is 0 Å². The number of nitrogens with zero attached hydrogens (tertiary/aromatic N) is 1. The van der Waals surface area contributed by atoms with E-state index in [0.29, 0.717) is 12.6 Å². The number of rotatable bonds is 6. The van der Waals surface area contributed by atoms with E-state index in [1.165, 1.54) is 4.90 Å². The minimum absolute atomic E-state index is 0.0562. The van der Waals surface area contributed by atoms with Gasteiger partial charge < -0.3 is 9.64 Å². The molecule has 0 aliphatic carbocycles. The molecule has 1 aliphatic rings. The van der Waals surface area contributed by atoms with Crippen LogP contribution in [0, 0.1) is 5.92 Å². The Labute approximate surface area is 104 Å². The maximum atomic E-state index is 11.8. The molecule has 7 heteroatoms. The van der Waals surface area contributed by atoms with Crippen molar-refractivity contribution in [3.05, 3.63) is 0 Å². The van der Waals surface area contributed by atoms with E-state index in [1.54, 1.807) is 0 Å². The molecule has 1 atom stereocenters. The summed E-state index contributed by atoms with van der Waals surface area (Å²) in [6.45, 7) is 3.25. The van der Waals surface area contributed by atoms with Crippen molar-refractivity contribution in [1.29, 1.82) is 0 Å². The molecule has 1 amide bonds. The van der Waals surface area contributed by atoms with Crippen molar-refractivity contribution >= 4 is 5.91 Å². The third-order valence-corrected chi connectivity index (χ3v) is 2.62. The molecule has 0 aromatic heterocycles. The fourth-order valence-electron chi connectivity index (χ4n) is 1.81. The molecule has 1 saturated heterocycles. The Morgan fingerprint density at radius 3 is 2.72 bits per heavy atom. The highest BCUT2D eigenvalue weighted by atomic mass is 19.4. The van der Waals surface area contributed by atoms with Crippen LogP contribution in [0.2, 0.25) is 0 Å². The number of amides is 1. The van der Waals surface area contributed by atoms with Gasteiger partial charge >= 0.3 is 6.18 Å². The number of alkyl halides is 3. The van der Waals surface area contributed by atoms with Gasteiger partial charge in [0.05, 0.1) is 19.3 Å². The highest BCUT2D eigenvalue weighted by Crippen LogP contribution is 2.15. The first-order valence-electron chi connectivity index (χ1n) is 5.96. The van der Waals surface area contributed by atoms with E-state index in [-0.39, 0.29) is 25.1 Å². The lowest BCUT2D eigenvalue weighted by atomic mass is 10.0. The molecule has 1 N–H and O–H groups in total. The molecule has 4 nitrogen and oxygen atoms in total. The van der Waals surface area contributed by atoms with Crippen LogP contribution in [-0.2, 0) is 9.53 Å². The quantitative estimate of drug-likeness (QED) is 0.740. The van der Waals surface area contributed by atoms with Gasteiger partial charge in [-0.25, -0.2) is 0 Å². The maximum Gasteiger partial charge on any atom is 0.411 e. The summed E-state index contributed by atoms with van der Waals surface area (Å²) in [6.07, 6.45) is -3.58. The Kier molecular flexibility index (Phi) is 5.40. The molecule has 0 bridgehead atoms. The molecule has 18 heavy (non-hydrogen) atoms. The highest BCUT2D eigenvalue weighted by molar-refractivity contribution is 5.83. The lowest BCUT2D eigenvalue weighted by molar-refractivity contribution is -0.174. The normalized spacial score (nSPS) is 21.1. The summed E-state index contributed by atoms with van der Waals surface area (Å²) in [4.78, 5) is 13.3. The molecule has 1 fully saturated rings. The van der Waals surface area contributed by atoms with E-state index in [1.807, 2.05) is 13.8 Å². The van der Waals surface area contributed by atoms with Gasteiger partial charge in [-0.1, -0.05) is 13.8 Å². The Bertz CT molecular complexity index is 282. The zero-order chi connectivity index (χ0) is 13.8. The second kappa shape index (κ2) is 6.38. The number of hydrogen-bond donors (Lipinski definition) is 1. The van der Waals surface area contributed by atoms with E-state index < -0.39 is 12.8 Å². The monoisotopic (exact) mass is 268 g/mol. The van der Waals surface area contributed by atoms with E-state index in [4.69, 9.17) is 0 Å². The van der Waals surface area contributed by atoms with Gasteiger partial charge in [-0.15, -0.1) is 0 Å². The van der Waals surface area contributed by atoms with E-state index in [0.717, 1.165) is 6.42 Å². The van der Waals surface area contributed by atoms with Crippen LogP contribution < -0.4 is 5.32 Å². The summed E-state index contributed by atoms with van der Waals surface area (Å²) >= 11 is 0. The third-order valence-electron chi connectivity index (χ3n) is 2.62. The lowest BCUT2D eigenvalue weighted by Crippen LogP contribution is -2.34. The van der Waals surface area contributed by atoms with Gasteiger partial charge in [0.15, 0.2) is 0 Å². The maximum absolute atomic E-state index is 11.8. The number of nitrogens with one attached hydrogen (secondary N) is 1. The van der Waals surface area contributed by atoms with E-state index in [9.17, 15) is 18.0 Å². The summed E-state index contributed by atoms with van der Waals surface area (Å²) in [6, 6.07) is -0.215. The van der Waals surface area contributed by atoms with Crippen molar-refractivity contribution in [3.8, 4) is 0 Å². The molecule has 0 spiro atoms. The predicted octanol–water partition coefficient (Wildman–Crippen LogP) is 1.37. The average Bonchev–Trinajstić information content (AvgIpc) is 2.54. The van der Waals surface area contributed by atoms with E-state index in [2.05, 4.69) is 10.1 Å². The Morgan fingerprint density at radius 1 is 1.50 bits per heavy atom. The first kappa shape index (κ1) is 15.2. The summed E-state index contributed by atoms with van der Waals surface area (Å²) in [7, 11) is 0. The molecule has 106 valence electrons. The third kappa shape index (κ3) is 5.22. The average molecular weight is 268 g/mol. The molecule has 1 aliphatic heterocycles. The van der Waals surface area contributed by atoms with Crippen LogP contribution in [0.5, 0.6) is 0 Å². The lowest BCUT2D eigenvalue weighted by Gasteiger charge is -2.16. The number of halogens is 3. The number of hydrogen-bond acceptors (Lipinski definition) is 3. The van der Waals surface area contributed by atoms with Gasteiger partial charge in [0.1, 0.15) is 6.61 Å². The number of carbonyl (C=O) groups is 1. The first-order chi connectivity index (χ1) is 8.29. The molecule has 0 radical (unpaired) electrons. The standard InChI is InChI=1S/C11H19F3N2O2/c1-8(2)5-9-10(17)16(7-15-9)3-4-18-6-11(12,13)14/h8-9,15H,3-7H2,1-2H3. The largest absolute Gasteiger partial charge is 0.411 e. The minimum Gasteiger partial charge on any atom is -0.370 e. The van der Waals surface area contributed by atoms with Gasteiger partial charge in [0, 0.05) is 6.54 Å². The molecular weight excluding hydrogens is 249 g/mol. The molecule has 0 aromatic rings. The van der Waals surface area contributed by atoms with Gasteiger partial charge in [0.25, 0.3) is 0 Å². The fraction of sp³-hybridized carbons (Fsp3) is 0.909. The molecule has 0 saturated carbocycles. The summed E-state index contributed by atoms with van der Waals surface area (Å²) < 4.78 is 39.9. The van der Waals surface area contributed by atoms with Crippen LogP contribution in [0.4, 0.5) is 13.2 Å². The molecule has 1 unspecified atom stereocenters. The van der Waals surface area contributed by atoms with Crippen LogP contribution in [0.25, 0.3) is 0 Å². The Balaban J connectivity index is 2.22. The Hall–Kier alpha value is -0.820. The summed E-state index contributed by atoms with van der Waals surface area (Å²) in [5, 5.41) is 3.04. The van der Waals surface area contributed by atoms with Gasteiger partial charge in [0.2, 0.25) is 5.91 Å². The van der Waals surface area contributed by atoms with Crippen molar-refractivity contribution in [3.63, 3.8) is 0 Å². The summed E-state index contributed by atoms with van der Waals surface area (Å²) in [5.41, 5.74) is 0. The second-order valence-electron chi connectivity index (χ2n) is 4.81. The highest BCUT2D eigenvalue weighted by Gasteiger charge is 2.31. The van der Waals surface area contributed by atoms with Crippen molar-refractivity contribution in [2.45, 2.75) is 32.5 Å². The predicted molar refractivity (Wildman–Crippen MR) is 59.8 cm³/mol. The number of carbonyl (C=O) groups excluding carboxylic acids is 1. The number of ether oxygens (including phenoxy) is 1. The minimum atomic E-state index is -4.31. The molecular formula is C11H19F3N2O2. The van der Waals surface area contributed by atoms with Crippen LogP contribution in [0.3, 0.4) is 0 Å². The topological polar surface area (TPSA) is 41.6 Å². The van der Waals surface area contributed by atoms with Crippen LogP contribution in [-0.4, -0.2) is 49.5 Å². The Morgan fingerprint density at radius 2 is 2.17 bits per heavy atom. The smallest absolute Gasteiger partial charge is 0.370 e. The SMILES string of the molecule is CC(C)CC1NCN(CCOCC(F)(F)F)C1=O. The van der Waals surface area contributed by atoms with Crippen LogP contribution >= 0.6 is 0 Å².